The number of hydrogen-bond donors (Lipinski definition) is 3. The van der Waals surface area contributed by atoms with E-state index in [1.807, 2.05) is 36.4 Å². The molecule has 0 aliphatic rings. The van der Waals surface area contributed by atoms with Crippen LogP contribution in [-0.4, -0.2) is 11.9 Å². The van der Waals surface area contributed by atoms with Crippen LogP contribution in [0.25, 0.3) is 11.0 Å². The molecule has 3 N–H and O–H groups in total. The normalized spacial score (nSPS) is 11.7. The molecule has 0 radical (unpaired) electrons. The lowest BCUT2D eigenvalue weighted by Gasteiger charge is -2.13. The summed E-state index contributed by atoms with van der Waals surface area (Å²) >= 11 is 0. The fraction of sp³-hybridized carbons (Fsp3) is 0.111. The quantitative estimate of drug-likeness (QED) is 0.648. The van der Waals surface area contributed by atoms with E-state index in [0.717, 1.165) is 11.0 Å². The van der Waals surface area contributed by atoms with Gasteiger partial charge in [0.15, 0.2) is 0 Å². The number of hydrazine groups is 1. The van der Waals surface area contributed by atoms with Crippen molar-refractivity contribution in [3.8, 4) is 0 Å². The summed E-state index contributed by atoms with van der Waals surface area (Å²) in [7, 11) is 0. The molecule has 1 unspecified atom stereocenters. The number of fused-ring (bicyclic) bond motifs is 1. The SMILES string of the molecule is CC(NC(=O)NNC(=O)c1ccccc1)c1cc2ccccc2o1. The maximum absolute atomic E-state index is 11.9. The Balaban J connectivity index is 1.55. The van der Waals surface area contributed by atoms with Gasteiger partial charge in [0.2, 0.25) is 0 Å². The number of rotatable bonds is 3. The number of benzene rings is 2. The number of carbonyl (C=O) groups is 2. The number of para-hydroxylation sites is 1. The Hall–Kier alpha value is -3.28. The predicted octanol–water partition coefficient (Wildman–Crippen LogP) is 3.14. The highest BCUT2D eigenvalue weighted by Crippen LogP contribution is 2.23. The van der Waals surface area contributed by atoms with E-state index >= 15 is 0 Å². The van der Waals surface area contributed by atoms with Crippen molar-refractivity contribution in [2.24, 2.45) is 0 Å². The average Bonchev–Trinajstić information content (AvgIpc) is 3.05. The molecule has 0 bridgehead atoms. The molecule has 24 heavy (non-hydrogen) atoms. The number of amides is 3. The Morgan fingerprint density at radius 3 is 2.42 bits per heavy atom. The molecule has 0 aliphatic carbocycles. The van der Waals surface area contributed by atoms with E-state index in [1.54, 1.807) is 31.2 Å². The summed E-state index contributed by atoms with van der Waals surface area (Å²) in [5.41, 5.74) is 5.90. The molecule has 1 aromatic heterocycles. The van der Waals surface area contributed by atoms with Crippen LogP contribution in [0.3, 0.4) is 0 Å². The van der Waals surface area contributed by atoms with Gasteiger partial charge in [-0.1, -0.05) is 36.4 Å². The van der Waals surface area contributed by atoms with Gasteiger partial charge in [-0.3, -0.25) is 10.2 Å². The van der Waals surface area contributed by atoms with Crippen molar-refractivity contribution in [2.45, 2.75) is 13.0 Å². The van der Waals surface area contributed by atoms with Crippen LogP contribution in [0.2, 0.25) is 0 Å². The summed E-state index contributed by atoms with van der Waals surface area (Å²) < 4.78 is 5.70. The number of furan rings is 1. The zero-order valence-corrected chi connectivity index (χ0v) is 13.1. The second kappa shape index (κ2) is 6.87. The molecule has 122 valence electrons. The van der Waals surface area contributed by atoms with Crippen molar-refractivity contribution in [1.82, 2.24) is 16.2 Å². The van der Waals surface area contributed by atoms with Gasteiger partial charge in [-0.05, 0) is 31.2 Å². The third-order valence-corrected chi connectivity index (χ3v) is 3.54. The molecule has 1 heterocycles. The molecule has 6 heteroatoms. The van der Waals surface area contributed by atoms with E-state index < -0.39 is 6.03 Å². The zero-order valence-electron chi connectivity index (χ0n) is 13.1. The van der Waals surface area contributed by atoms with E-state index in [2.05, 4.69) is 16.2 Å². The third kappa shape index (κ3) is 3.55. The molecule has 0 aliphatic heterocycles. The highest BCUT2D eigenvalue weighted by atomic mass is 16.3. The molecule has 0 spiro atoms. The van der Waals surface area contributed by atoms with Crippen LogP contribution in [0.15, 0.2) is 65.1 Å². The van der Waals surface area contributed by atoms with Crippen molar-refractivity contribution in [1.29, 1.82) is 0 Å². The number of hydrogen-bond acceptors (Lipinski definition) is 3. The first-order chi connectivity index (χ1) is 11.6. The van der Waals surface area contributed by atoms with Gasteiger partial charge in [0, 0.05) is 10.9 Å². The molecule has 3 amide bonds. The first-order valence-electron chi connectivity index (χ1n) is 7.54. The fourth-order valence-electron chi connectivity index (χ4n) is 2.29. The Kier molecular flexibility index (Phi) is 4.47. The third-order valence-electron chi connectivity index (χ3n) is 3.54. The van der Waals surface area contributed by atoms with Gasteiger partial charge < -0.3 is 9.73 Å². The first kappa shape index (κ1) is 15.6. The molecule has 3 aromatic rings. The van der Waals surface area contributed by atoms with Gasteiger partial charge in [0.05, 0.1) is 6.04 Å². The van der Waals surface area contributed by atoms with Crippen molar-refractivity contribution in [3.05, 3.63) is 72.0 Å². The summed E-state index contributed by atoms with van der Waals surface area (Å²) in [6, 6.07) is 17.3. The van der Waals surface area contributed by atoms with Gasteiger partial charge in [0.1, 0.15) is 11.3 Å². The monoisotopic (exact) mass is 323 g/mol. The molecule has 0 fully saturated rings. The molecule has 0 saturated heterocycles. The Labute approximate surface area is 138 Å². The second-order valence-corrected chi connectivity index (χ2v) is 5.33. The lowest BCUT2D eigenvalue weighted by Crippen LogP contribution is -2.47. The van der Waals surface area contributed by atoms with Crippen molar-refractivity contribution >= 4 is 22.9 Å². The Morgan fingerprint density at radius 2 is 1.67 bits per heavy atom. The molecule has 1 atom stereocenters. The minimum absolute atomic E-state index is 0.342. The van der Waals surface area contributed by atoms with E-state index in [4.69, 9.17) is 4.42 Å². The van der Waals surface area contributed by atoms with Crippen molar-refractivity contribution in [2.75, 3.05) is 0 Å². The standard InChI is InChI=1S/C18H17N3O3/c1-12(16-11-14-9-5-6-10-15(14)24-16)19-18(23)21-20-17(22)13-7-3-2-4-8-13/h2-12H,1H3,(H,20,22)(H2,19,21,23). The first-order valence-corrected chi connectivity index (χ1v) is 7.54. The lowest BCUT2D eigenvalue weighted by atomic mass is 10.2. The zero-order chi connectivity index (χ0) is 16.9. The van der Waals surface area contributed by atoms with Crippen LogP contribution in [-0.2, 0) is 0 Å². The van der Waals surface area contributed by atoms with E-state index in [9.17, 15) is 9.59 Å². The van der Waals surface area contributed by atoms with Crippen LogP contribution in [0.1, 0.15) is 29.1 Å². The summed E-state index contributed by atoms with van der Waals surface area (Å²) in [5.74, 6) is 0.253. The molecule has 2 aromatic carbocycles. The van der Waals surface area contributed by atoms with Gasteiger partial charge in [-0.2, -0.15) is 0 Å². The maximum atomic E-state index is 11.9. The maximum Gasteiger partial charge on any atom is 0.334 e. The highest BCUT2D eigenvalue weighted by Gasteiger charge is 2.14. The van der Waals surface area contributed by atoms with Crippen LogP contribution in [0.5, 0.6) is 0 Å². The van der Waals surface area contributed by atoms with E-state index in [-0.39, 0.29) is 11.9 Å². The summed E-state index contributed by atoms with van der Waals surface area (Å²) in [6.07, 6.45) is 0. The Morgan fingerprint density at radius 1 is 0.958 bits per heavy atom. The molecule has 0 saturated carbocycles. The molecule has 3 rings (SSSR count). The number of nitrogens with one attached hydrogen (secondary N) is 3. The minimum Gasteiger partial charge on any atom is -0.459 e. The van der Waals surface area contributed by atoms with Gasteiger partial charge in [-0.25, -0.2) is 10.2 Å². The second-order valence-electron chi connectivity index (χ2n) is 5.33. The van der Waals surface area contributed by atoms with Crippen LogP contribution < -0.4 is 16.2 Å². The van der Waals surface area contributed by atoms with Crippen molar-refractivity contribution < 1.29 is 14.0 Å². The Bertz CT molecular complexity index is 825. The molecular weight excluding hydrogens is 306 g/mol. The topological polar surface area (TPSA) is 83.4 Å². The van der Waals surface area contributed by atoms with Gasteiger partial charge in [0.25, 0.3) is 5.91 Å². The lowest BCUT2D eigenvalue weighted by molar-refractivity contribution is 0.0936. The predicted molar refractivity (Wildman–Crippen MR) is 90.2 cm³/mol. The van der Waals surface area contributed by atoms with Crippen molar-refractivity contribution in [3.63, 3.8) is 0 Å². The summed E-state index contributed by atoms with van der Waals surface area (Å²) in [5, 5.41) is 3.68. The number of carbonyl (C=O) groups excluding carboxylic acids is 2. The van der Waals surface area contributed by atoms with E-state index in [1.165, 1.54) is 0 Å². The summed E-state index contributed by atoms with van der Waals surface area (Å²) in [4.78, 5) is 23.7. The largest absolute Gasteiger partial charge is 0.459 e. The average molecular weight is 323 g/mol. The summed E-state index contributed by atoms with van der Waals surface area (Å²) in [6.45, 7) is 1.80. The fourth-order valence-corrected chi connectivity index (χ4v) is 2.29. The van der Waals surface area contributed by atoms with E-state index in [0.29, 0.717) is 11.3 Å². The van der Waals surface area contributed by atoms with Crippen LogP contribution >= 0.6 is 0 Å². The van der Waals surface area contributed by atoms with Gasteiger partial charge >= 0.3 is 6.03 Å². The van der Waals surface area contributed by atoms with Crippen LogP contribution in [0.4, 0.5) is 4.79 Å². The highest BCUT2D eigenvalue weighted by molar-refractivity contribution is 5.95. The molecular formula is C18H17N3O3. The number of urea groups is 1. The smallest absolute Gasteiger partial charge is 0.334 e. The van der Waals surface area contributed by atoms with Crippen LogP contribution in [0, 0.1) is 0 Å². The molecule has 6 nitrogen and oxygen atoms in total. The minimum atomic E-state index is -0.521. The van der Waals surface area contributed by atoms with Gasteiger partial charge in [-0.15, -0.1) is 0 Å².